The first-order chi connectivity index (χ1) is 12.0. The average Bonchev–Trinajstić information content (AvgIpc) is 3.29. The molecule has 1 fully saturated rings. The number of benzene rings is 1. The molecule has 10 heteroatoms. The predicted octanol–water partition coefficient (Wildman–Crippen LogP) is 1.71. The second kappa shape index (κ2) is 7.54. The minimum absolute atomic E-state index is 0.198. The summed E-state index contributed by atoms with van der Waals surface area (Å²) >= 11 is 1.26. The number of carbonyl (C=O) groups excluding carboxylic acids is 1. The zero-order valence-corrected chi connectivity index (χ0v) is 15.3. The zero-order chi connectivity index (χ0) is 17.9. The average molecular weight is 381 g/mol. The van der Waals surface area contributed by atoms with Crippen LogP contribution in [0.5, 0.6) is 0 Å². The second-order valence-corrected chi connectivity index (χ2v) is 8.94. The van der Waals surface area contributed by atoms with E-state index < -0.39 is 10.0 Å². The normalized spacial score (nSPS) is 16.7. The molecule has 0 bridgehead atoms. The number of nitrogens with one attached hydrogen (secondary N) is 2. The summed E-state index contributed by atoms with van der Waals surface area (Å²) in [7, 11) is -3.44. The molecular weight excluding hydrogens is 362 g/mol. The van der Waals surface area contributed by atoms with E-state index in [0.717, 1.165) is 12.8 Å². The highest BCUT2D eigenvalue weighted by Crippen LogP contribution is 2.23. The van der Waals surface area contributed by atoms with Gasteiger partial charge in [0.2, 0.25) is 15.9 Å². The van der Waals surface area contributed by atoms with Crippen LogP contribution >= 0.6 is 11.8 Å². The third-order valence-electron chi connectivity index (χ3n) is 3.88. The molecule has 1 aromatic heterocycles. The van der Waals surface area contributed by atoms with Crippen LogP contribution in [-0.4, -0.2) is 52.2 Å². The Kier molecular flexibility index (Phi) is 5.40. The summed E-state index contributed by atoms with van der Waals surface area (Å²) in [5.74, 6) is -0.198. The minimum atomic E-state index is -3.44. The van der Waals surface area contributed by atoms with E-state index >= 15 is 0 Å². The summed E-state index contributed by atoms with van der Waals surface area (Å²) in [6.45, 7) is 2.89. The molecule has 0 radical (unpaired) electrons. The molecule has 0 aliphatic carbocycles. The molecule has 134 valence electrons. The first-order valence-electron chi connectivity index (χ1n) is 7.90. The number of H-pyrrole nitrogens is 1. The van der Waals surface area contributed by atoms with E-state index in [9.17, 15) is 13.2 Å². The molecule has 2 aromatic rings. The van der Waals surface area contributed by atoms with Gasteiger partial charge >= 0.3 is 0 Å². The molecule has 3 rings (SSSR count). The van der Waals surface area contributed by atoms with Crippen LogP contribution in [0.3, 0.4) is 0 Å². The SMILES string of the molecule is C[C@@H](Sc1ncn[nH]1)C(=O)Nc1ccc(S(=O)(=O)N2CCCC2)cc1. The van der Waals surface area contributed by atoms with Crippen molar-refractivity contribution in [3.8, 4) is 0 Å². The molecule has 0 unspecified atom stereocenters. The van der Waals surface area contributed by atoms with Crippen LogP contribution in [0.4, 0.5) is 5.69 Å². The lowest BCUT2D eigenvalue weighted by Crippen LogP contribution is -2.27. The van der Waals surface area contributed by atoms with Crippen LogP contribution in [0, 0.1) is 0 Å². The fourth-order valence-electron chi connectivity index (χ4n) is 2.50. The Labute approximate surface area is 150 Å². The molecule has 1 amide bonds. The number of hydrogen-bond donors (Lipinski definition) is 2. The number of carbonyl (C=O) groups is 1. The van der Waals surface area contributed by atoms with Crippen molar-refractivity contribution in [3.63, 3.8) is 0 Å². The fourth-order valence-corrected chi connectivity index (χ4v) is 4.74. The second-order valence-electron chi connectivity index (χ2n) is 5.68. The van der Waals surface area contributed by atoms with Crippen LogP contribution in [0.1, 0.15) is 19.8 Å². The fraction of sp³-hybridized carbons (Fsp3) is 0.400. The number of nitrogens with zero attached hydrogens (tertiary/aromatic N) is 3. The number of aromatic amines is 1. The maximum atomic E-state index is 12.5. The van der Waals surface area contributed by atoms with Crippen molar-refractivity contribution in [1.82, 2.24) is 19.5 Å². The zero-order valence-electron chi connectivity index (χ0n) is 13.7. The van der Waals surface area contributed by atoms with E-state index in [-0.39, 0.29) is 16.1 Å². The van der Waals surface area contributed by atoms with Gasteiger partial charge in [-0.1, -0.05) is 11.8 Å². The smallest absolute Gasteiger partial charge is 0.243 e. The number of hydrogen-bond acceptors (Lipinski definition) is 6. The van der Waals surface area contributed by atoms with E-state index in [0.29, 0.717) is 23.9 Å². The summed E-state index contributed by atoms with van der Waals surface area (Å²) in [6.07, 6.45) is 3.18. The number of anilines is 1. The van der Waals surface area contributed by atoms with Gasteiger partial charge in [-0.25, -0.2) is 13.4 Å². The highest BCUT2D eigenvalue weighted by atomic mass is 32.2. The first kappa shape index (κ1) is 17.9. The third-order valence-corrected chi connectivity index (χ3v) is 6.78. The topological polar surface area (TPSA) is 108 Å². The maximum Gasteiger partial charge on any atom is 0.243 e. The molecule has 1 aromatic carbocycles. The van der Waals surface area contributed by atoms with E-state index in [2.05, 4.69) is 20.5 Å². The summed E-state index contributed by atoms with van der Waals surface area (Å²) in [6, 6.07) is 6.26. The summed E-state index contributed by atoms with van der Waals surface area (Å²) in [4.78, 5) is 16.4. The van der Waals surface area contributed by atoms with Crippen molar-refractivity contribution in [2.24, 2.45) is 0 Å². The van der Waals surface area contributed by atoms with Gasteiger partial charge in [-0.3, -0.25) is 9.89 Å². The van der Waals surface area contributed by atoms with Crippen molar-refractivity contribution in [2.75, 3.05) is 18.4 Å². The monoisotopic (exact) mass is 381 g/mol. The van der Waals surface area contributed by atoms with Crippen LogP contribution < -0.4 is 5.32 Å². The molecule has 1 saturated heterocycles. The Morgan fingerprint density at radius 2 is 1.96 bits per heavy atom. The van der Waals surface area contributed by atoms with Crippen molar-refractivity contribution < 1.29 is 13.2 Å². The molecule has 1 aliphatic heterocycles. The van der Waals surface area contributed by atoms with Crippen molar-refractivity contribution >= 4 is 33.4 Å². The minimum Gasteiger partial charge on any atom is -0.325 e. The molecular formula is C15H19N5O3S2. The molecule has 8 nitrogen and oxygen atoms in total. The Balaban J connectivity index is 1.63. The lowest BCUT2D eigenvalue weighted by Gasteiger charge is -2.16. The Bertz CT molecular complexity index is 815. The number of amides is 1. The van der Waals surface area contributed by atoms with Gasteiger partial charge in [0.1, 0.15) is 6.33 Å². The van der Waals surface area contributed by atoms with Gasteiger partial charge < -0.3 is 5.32 Å². The number of thioether (sulfide) groups is 1. The van der Waals surface area contributed by atoms with E-state index in [1.807, 2.05) is 0 Å². The highest BCUT2D eigenvalue weighted by Gasteiger charge is 2.27. The largest absolute Gasteiger partial charge is 0.325 e. The van der Waals surface area contributed by atoms with Gasteiger partial charge in [-0.2, -0.15) is 9.40 Å². The third kappa shape index (κ3) is 4.20. The molecule has 2 heterocycles. The van der Waals surface area contributed by atoms with Crippen LogP contribution in [0.25, 0.3) is 0 Å². The summed E-state index contributed by atoms with van der Waals surface area (Å²) < 4.78 is 26.4. The summed E-state index contributed by atoms with van der Waals surface area (Å²) in [5.41, 5.74) is 0.551. The van der Waals surface area contributed by atoms with Gasteiger partial charge in [-0.05, 0) is 44.0 Å². The van der Waals surface area contributed by atoms with E-state index in [4.69, 9.17) is 0 Å². The van der Waals surface area contributed by atoms with Gasteiger partial charge in [-0.15, -0.1) is 0 Å². The molecule has 25 heavy (non-hydrogen) atoms. The number of rotatable bonds is 6. The Morgan fingerprint density at radius 3 is 2.56 bits per heavy atom. The molecule has 2 N–H and O–H groups in total. The first-order valence-corrected chi connectivity index (χ1v) is 10.2. The van der Waals surface area contributed by atoms with Gasteiger partial charge in [0.15, 0.2) is 5.16 Å². The van der Waals surface area contributed by atoms with Gasteiger partial charge in [0.05, 0.1) is 10.1 Å². The molecule has 0 spiro atoms. The molecule has 1 atom stereocenters. The Hall–Kier alpha value is -1.91. The van der Waals surface area contributed by atoms with Gasteiger partial charge in [0.25, 0.3) is 0 Å². The highest BCUT2D eigenvalue weighted by molar-refractivity contribution is 8.00. The van der Waals surface area contributed by atoms with Crippen molar-refractivity contribution in [3.05, 3.63) is 30.6 Å². The van der Waals surface area contributed by atoms with E-state index in [1.54, 1.807) is 19.1 Å². The number of sulfonamides is 1. The van der Waals surface area contributed by atoms with E-state index in [1.165, 1.54) is 34.5 Å². The van der Waals surface area contributed by atoms with Crippen LogP contribution in [0.2, 0.25) is 0 Å². The van der Waals surface area contributed by atoms with Crippen molar-refractivity contribution in [2.45, 2.75) is 35.1 Å². The van der Waals surface area contributed by atoms with Crippen molar-refractivity contribution in [1.29, 1.82) is 0 Å². The maximum absolute atomic E-state index is 12.5. The van der Waals surface area contributed by atoms with Crippen LogP contribution in [0.15, 0.2) is 40.6 Å². The van der Waals surface area contributed by atoms with Gasteiger partial charge in [0, 0.05) is 18.8 Å². The molecule has 0 saturated carbocycles. The summed E-state index contributed by atoms with van der Waals surface area (Å²) in [5, 5.41) is 9.38. The standard InChI is InChI=1S/C15H19N5O3S2/c1-11(24-15-16-10-17-19-15)14(21)18-12-4-6-13(7-5-12)25(22,23)20-8-2-3-9-20/h4-7,10-11H,2-3,8-9H2,1H3,(H,18,21)(H,16,17,19)/t11-/m1/s1. The quantitative estimate of drug-likeness (QED) is 0.738. The van der Waals surface area contributed by atoms with Crippen LogP contribution in [-0.2, 0) is 14.8 Å². The lowest BCUT2D eigenvalue weighted by molar-refractivity contribution is -0.115. The molecule has 1 aliphatic rings. The lowest BCUT2D eigenvalue weighted by atomic mass is 10.3. The predicted molar refractivity (Wildman–Crippen MR) is 94.8 cm³/mol. The number of aromatic nitrogens is 3. The Morgan fingerprint density at radius 1 is 1.28 bits per heavy atom.